The van der Waals surface area contributed by atoms with Crippen molar-refractivity contribution in [2.75, 3.05) is 45.7 Å². The molecule has 20 heteroatoms. The summed E-state index contributed by atoms with van der Waals surface area (Å²) < 4.78 is 42.0. The predicted octanol–water partition coefficient (Wildman–Crippen LogP) is 3.48. The van der Waals surface area contributed by atoms with Crippen LogP contribution in [-0.2, 0) is 83.8 Å². The van der Waals surface area contributed by atoms with Crippen molar-refractivity contribution in [1.82, 2.24) is 35.8 Å². The number of amides is 3. The van der Waals surface area contributed by atoms with Crippen LogP contribution < -0.4 is 16.0 Å². The normalized spacial score (nSPS) is 15.7. The van der Waals surface area contributed by atoms with E-state index in [0.717, 1.165) is 17.4 Å². The van der Waals surface area contributed by atoms with Crippen LogP contribution in [0.1, 0.15) is 96.4 Å². The number of esters is 1. The van der Waals surface area contributed by atoms with Gasteiger partial charge in [0.15, 0.2) is 11.4 Å². The molecule has 2 heterocycles. The second-order valence-electron chi connectivity index (χ2n) is 19.5. The summed E-state index contributed by atoms with van der Waals surface area (Å²) in [5, 5.41) is 16.1. The molecule has 19 nitrogen and oxygen atoms in total. The van der Waals surface area contributed by atoms with Gasteiger partial charge in [0.2, 0.25) is 23.5 Å². The second-order valence-corrected chi connectivity index (χ2v) is 21.1. The fourth-order valence-corrected chi connectivity index (χ4v) is 8.67. The average molecular weight is 1010 g/mol. The van der Waals surface area contributed by atoms with E-state index >= 15 is 0 Å². The van der Waals surface area contributed by atoms with E-state index in [-0.39, 0.29) is 69.2 Å². The summed E-state index contributed by atoms with van der Waals surface area (Å²) in [5.74, 6) is -6.11. The Morgan fingerprint density at radius 3 is 1.99 bits per heavy atom. The van der Waals surface area contributed by atoms with Crippen LogP contribution in [0.4, 0.5) is 0 Å². The quantitative estimate of drug-likeness (QED) is 0.0617. The topological polar surface area (TPSA) is 251 Å². The fraction of sp³-hybridized carbons (Fsp3) is 0.588. The standard InChI is InChI=1S/C51H73N7O12S/c1-35(2)26-43(53-49(64)39(19-18-37-14-10-8-11-15-37)29-42(59)33-58-22-24-68-25-23-58)45(60)30-40(28-38-16-12-9-13-17-38)50(65)54-44(27-36(3)4)48(63)51(5,34-69-71(7,66)67)70-47(62)21-20-46(61)52-31-41-32-57(6)56-55-41/h8-17,32,35-36,39-40,43-44H,18-31,33-34H2,1-7H3,(H,52,61)(H,53,64)(H,54,65)/t39-,40-,43+,44+,51?/m1/s1. The minimum absolute atomic E-state index is 0.0214. The zero-order valence-corrected chi connectivity index (χ0v) is 43.0. The van der Waals surface area contributed by atoms with Crippen LogP contribution in [0.15, 0.2) is 66.9 Å². The largest absolute Gasteiger partial charge is 0.449 e. The number of ether oxygens (including phenoxy) is 2. The molecule has 0 spiro atoms. The number of nitrogens with one attached hydrogen (secondary N) is 3. The van der Waals surface area contributed by atoms with Crippen LogP contribution in [-0.4, -0.2) is 133 Å². The summed E-state index contributed by atoms with van der Waals surface area (Å²) in [5.41, 5.74) is -0.0566. The molecule has 390 valence electrons. The first kappa shape index (κ1) is 57.9. The average Bonchev–Trinajstić information content (AvgIpc) is 3.74. The van der Waals surface area contributed by atoms with E-state index in [0.29, 0.717) is 44.8 Å². The van der Waals surface area contributed by atoms with Crippen LogP contribution in [0.2, 0.25) is 0 Å². The summed E-state index contributed by atoms with van der Waals surface area (Å²) in [7, 11) is -2.51. The van der Waals surface area contributed by atoms with Crippen molar-refractivity contribution in [2.45, 2.75) is 117 Å². The van der Waals surface area contributed by atoms with Crippen LogP contribution in [0.25, 0.3) is 0 Å². The van der Waals surface area contributed by atoms with Crippen LogP contribution >= 0.6 is 0 Å². The van der Waals surface area contributed by atoms with E-state index in [1.807, 2.05) is 55.1 Å². The number of carbonyl (C=O) groups excluding carboxylic acids is 7. The lowest BCUT2D eigenvalue weighted by Gasteiger charge is -2.33. The van der Waals surface area contributed by atoms with Crippen molar-refractivity contribution in [3.05, 3.63) is 83.7 Å². The zero-order valence-electron chi connectivity index (χ0n) is 42.2. The highest BCUT2D eigenvalue weighted by atomic mass is 32.2. The molecule has 1 fully saturated rings. The first-order valence-electron chi connectivity index (χ1n) is 24.3. The maximum absolute atomic E-state index is 14.6. The Kier molecular flexibility index (Phi) is 23.1. The molecule has 1 unspecified atom stereocenters. The van der Waals surface area contributed by atoms with Crippen molar-refractivity contribution in [3.8, 4) is 0 Å². The number of morpholine rings is 1. The number of Topliss-reactive ketones (excluding diaryl/α,β-unsaturated/α-hetero) is 3. The fourth-order valence-electron chi connectivity index (χ4n) is 8.24. The zero-order chi connectivity index (χ0) is 52.1. The third-order valence-electron chi connectivity index (χ3n) is 12.0. The van der Waals surface area contributed by atoms with E-state index in [2.05, 4.69) is 26.3 Å². The minimum atomic E-state index is -4.18. The summed E-state index contributed by atoms with van der Waals surface area (Å²) in [4.78, 5) is 99.5. The molecule has 71 heavy (non-hydrogen) atoms. The van der Waals surface area contributed by atoms with Crippen molar-refractivity contribution in [1.29, 1.82) is 0 Å². The molecule has 1 aliphatic heterocycles. The van der Waals surface area contributed by atoms with Gasteiger partial charge in [0, 0.05) is 57.4 Å². The first-order chi connectivity index (χ1) is 33.6. The van der Waals surface area contributed by atoms with Gasteiger partial charge in [-0.3, -0.25) is 47.3 Å². The van der Waals surface area contributed by atoms with E-state index in [1.165, 1.54) is 11.6 Å². The lowest BCUT2D eigenvalue weighted by atomic mass is 9.86. The van der Waals surface area contributed by atoms with Crippen molar-refractivity contribution < 1.29 is 55.6 Å². The number of hydrogen-bond donors (Lipinski definition) is 3. The van der Waals surface area contributed by atoms with Crippen LogP contribution in [0.5, 0.6) is 0 Å². The van der Waals surface area contributed by atoms with E-state index < -0.39 is 87.9 Å². The van der Waals surface area contributed by atoms with Gasteiger partial charge < -0.3 is 25.4 Å². The molecular weight excluding hydrogens is 935 g/mol. The van der Waals surface area contributed by atoms with Gasteiger partial charge in [0.1, 0.15) is 18.1 Å². The van der Waals surface area contributed by atoms with E-state index in [1.54, 1.807) is 51.4 Å². The summed E-state index contributed by atoms with van der Waals surface area (Å²) in [6.45, 7) is 10.2. The number of rotatable bonds is 31. The maximum Gasteiger partial charge on any atom is 0.307 e. The number of aromatic nitrogens is 3. The Bertz CT molecular complexity index is 2340. The Hall–Kier alpha value is -5.70. The molecule has 0 radical (unpaired) electrons. The lowest BCUT2D eigenvalue weighted by molar-refractivity contribution is -0.170. The highest BCUT2D eigenvalue weighted by molar-refractivity contribution is 7.86. The third kappa shape index (κ3) is 21.3. The molecule has 1 saturated heterocycles. The Labute approximate surface area is 418 Å². The van der Waals surface area contributed by atoms with Gasteiger partial charge in [-0.05, 0) is 62.0 Å². The van der Waals surface area contributed by atoms with Crippen molar-refractivity contribution >= 4 is 51.2 Å². The van der Waals surface area contributed by atoms with E-state index in [9.17, 15) is 42.0 Å². The maximum atomic E-state index is 14.6. The van der Waals surface area contributed by atoms with Gasteiger partial charge >= 0.3 is 5.97 Å². The number of hydrogen-bond acceptors (Lipinski definition) is 15. The Morgan fingerprint density at radius 1 is 0.803 bits per heavy atom. The molecule has 2 aromatic carbocycles. The highest BCUT2D eigenvalue weighted by Crippen LogP contribution is 2.24. The molecule has 0 bridgehead atoms. The third-order valence-corrected chi connectivity index (χ3v) is 12.5. The number of nitrogens with zero attached hydrogens (tertiary/aromatic N) is 4. The number of ketones is 3. The summed E-state index contributed by atoms with van der Waals surface area (Å²) >= 11 is 0. The summed E-state index contributed by atoms with van der Waals surface area (Å²) in [6, 6.07) is 16.2. The molecule has 0 saturated carbocycles. The predicted molar refractivity (Wildman–Crippen MR) is 264 cm³/mol. The molecule has 1 aliphatic rings. The lowest BCUT2D eigenvalue weighted by Crippen LogP contribution is -2.56. The summed E-state index contributed by atoms with van der Waals surface area (Å²) in [6.07, 6.45) is 2.43. The van der Waals surface area contributed by atoms with Gasteiger partial charge in [0.05, 0.1) is 51.1 Å². The van der Waals surface area contributed by atoms with E-state index in [4.69, 9.17) is 13.7 Å². The molecule has 4 rings (SSSR count). The van der Waals surface area contributed by atoms with Crippen molar-refractivity contribution in [2.24, 2.45) is 30.7 Å². The van der Waals surface area contributed by atoms with Crippen molar-refractivity contribution in [3.63, 3.8) is 0 Å². The highest BCUT2D eigenvalue weighted by Gasteiger charge is 2.44. The molecule has 3 amide bonds. The van der Waals surface area contributed by atoms with Crippen LogP contribution in [0, 0.1) is 23.7 Å². The van der Waals surface area contributed by atoms with Gasteiger partial charge in [-0.2, -0.15) is 8.42 Å². The second kappa shape index (κ2) is 28.4. The molecule has 0 aliphatic carbocycles. The number of carbonyl (C=O) groups is 7. The Balaban J connectivity index is 1.56. The van der Waals surface area contributed by atoms with Gasteiger partial charge in [-0.1, -0.05) is 93.6 Å². The molecular formula is C51H73N7O12S. The smallest absolute Gasteiger partial charge is 0.307 e. The molecule has 5 atom stereocenters. The molecule has 3 N–H and O–H groups in total. The number of benzene rings is 2. The number of aryl methyl sites for hydroxylation is 2. The molecule has 1 aromatic heterocycles. The first-order valence-corrected chi connectivity index (χ1v) is 26.2. The Morgan fingerprint density at radius 2 is 1.39 bits per heavy atom. The molecule has 3 aromatic rings. The van der Waals surface area contributed by atoms with Gasteiger partial charge in [0.25, 0.3) is 10.1 Å². The van der Waals surface area contributed by atoms with Crippen LogP contribution in [0.3, 0.4) is 0 Å². The monoisotopic (exact) mass is 1010 g/mol. The minimum Gasteiger partial charge on any atom is -0.449 e. The SMILES string of the molecule is CC(C)C[C@H](NC(=O)[C@H](CCc1ccccc1)CC(=O)CN1CCOCC1)C(=O)C[C@@H](Cc1ccccc1)C(=O)N[C@@H](CC(C)C)C(=O)C(C)(COS(C)(=O)=O)OC(=O)CCC(=O)NCc1cn(C)nn1. The van der Waals surface area contributed by atoms with Gasteiger partial charge in [-0.25, -0.2) is 0 Å². The van der Waals surface area contributed by atoms with Gasteiger partial charge in [-0.15, -0.1) is 5.10 Å².